The molecule has 0 aliphatic rings. The first kappa shape index (κ1) is 15.9. The number of nitrogens with two attached hydrogens (primary N) is 1. The summed E-state index contributed by atoms with van der Waals surface area (Å²) in [6.07, 6.45) is 2.62. The van der Waals surface area contributed by atoms with E-state index in [-0.39, 0.29) is 17.2 Å². The molecule has 0 atom stereocenters. The number of methoxy groups -OCH3 is 1. The van der Waals surface area contributed by atoms with Crippen LogP contribution >= 0.6 is 0 Å². The predicted octanol–water partition coefficient (Wildman–Crippen LogP) is 1.87. The highest BCUT2D eigenvalue weighted by Gasteiger charge is 2.10. The number of unbranched alkanes of at least 4 members (excludes halogenated alkanes) is 2. The summed E-state index contributed by atoms with van der Waals surface area (Å²) in [7, 11) is 1.35. The molecule has 110 valence electrons. The summed E-state index contributed by atoms with van der Waals surface area (Å²) in [6.45, 7) is 0.454. The molecule has 0 aliphatic heterocycles. The highest BCUT2D eigenvalue weighted by Crippen LogP contribution is 2.13. The van der Waals surface area contributed by atoms with Crippen molar-refractivity contribution in [3.63, 3.8) is 0 Å². The van der Waals surface area contributed by atoms with Crippen LogP contribution < -0.4 is 11.1 Å². The number of carbonyl (C=O) groups excluding carboxylic acids is 2. The van der Waals surface area contributed by atoms with Crippen molar-refractivity contribution in [2.75, 3.05) is 19.4 Å². The van der Waals surface area contributed by atoms with Crippen LogP contribution in [-0.2, 0) is 9.53 Å². The monoisotopic (exact) mass is 282 g/mol. The summed E-state index contributed by atoms with van der Waals surface area (Å²) in [5.74, 6) is -1.13. The fraction of sp³-hybridized carbons (Fsp3) is 0.429. The maximum Gasteiger partial charge on any atom is 0.305 e. The summed E-state index contributed by atoms with van der Waals surface area (Å²) in [5.41, 5.74) is 6.00. The van der Waals surface area contributed by atoms with Crippen LogP contribution in [-0.4, -0.2) is 25.5 Å². The van der Waals surface area contributed by atoms with E-state index >= 15 is 0 Å². The van der Waals surface area contributed by atoms with Gasteiger partial charge in [-0.05, 0) is 31.0 Å². The Kier molecular flexibility index (Phi) is 6.49. The molecule has 1 aromatic rings. The molecule has 0 saturated heterocycles. The van der Waals surface area contributed by atoms with E-state index < -0.39 is 11.7 Å². The zero-order valence-corrected chi connectivity index (χ0v) is 11.4. The van der Waals surface area contributed by atoms with Gasteiger partial charge in [-0.25, -0.2) is 4.39 Å². The Morgan fingerprint density at radius 2 is 2.05 bits per heavy atom. The SMILES string of the molecule is COC(=O)CCCCCNC(=O)c1cc(F)ccc1N. The molecule has 0 fully saturated rings. The molecule has 6 heteroatoms. The molecule has 0 aliphatic carbocycles. The Labute approximate surface area is 117 Å². The van der Waals surface area contributed by atoms with Gasteiger partial charge in [0.15, 0.2) is 0 Å². The molecule has 0 spiro atoms. The Hall–Kier alpha value is -2.11. The Morgan fingerprint density at radius 1 is 1.30 bits per heavy atom. The van der Waals surface area contributed by atoms with Crippen LogP contribution in [0.15, 0.2) is 18.2 Å². The minimum Gasteiger partial charge on any atom is -0.469 e. The van der Waals surface area contributed by atoms with Crippen LogP contribution in [0.3, 0.4) is 0 Å². The van der Waals surface area contributed by atoms with Gasteiger partial charge in [0, 0.05) is 18.7 Å². The number of halogens is 1. The summed E-state index contributed by atoms with van der Waals surface area (Å²) in [6, 6.07) is 3.68. The van der Waals surface area contributed by atoms with Crippen molar-refractivity contribution in [3.05, 3.63) is 29.6 Å². The third kappa shape index (κ3) is 5.26. The lowest BCUT2D eigenvalue weighted by atomic mass is 10.1. The molecule has 20 heavy (non-hydrogen) atoms. The second-order valence-corrected chi connectivity index (χ2v) is 4.37. The summed E-state index contributed by atoms with van der Waals surface area (Å²) in [5, 5.41) is 2.67. The standard InChI is InChI=1S/C14H19FN2O3/c1-20-13(18)5-3-2-4-8-17-14(19)11-9-10(15)6-7-12(11)16/h6-7,9H,2-5,8,16H2,1H3,(H,17,19). The van der Waals surface area contributed by atoms with E-state index in [2.05, 4.69) is 10.1 Å². The van der Waals surface area contributed by atoms with Crippen LogP contribution in [0.1, 0.15) is 36.0 Å². The molecular formula is C14H19FN2O3. The number of nitrogen functional groups attached to an aromatic ring is 1. The number of anilines is 1. The van der Waals surface area contributed by atoms with Gasteiger partial charge in [-0.2, -0.15) is 0 Å². The van der Waals surface area contributed by atoms with Crippen LogP contribution in [0.2, 0.25) is 0 Å². The molecule has 0 aromatic heterocycles. The predicted molar refractivity (Wildman–Crippen MR) is 73.6 cm³/mol. The van der Waals surface area contributed by atoms with Gasteiger partial charge in [-0.3, -0.25) is 9.59 Å². The maximum absolute atomic E-state index is 13.0. The fourth-order valence-electron chi connectivity index (χ4n) is 1.70. The summed E-state index contributed by atoms with van der Waals surface area (Å²) < 4.78 is 17.5. The number of esters is 1. The van der Waals surface area contributed by atoms with E-state index in [9.17, 15) is 14.0 Å². The smallest absolute Gasteiger partial charge is 0.305 e. The van der Waals surface area contributed by atoms with Crippen LogP contribution in [0.25, 0.3) is 0 Å². The second-order valence-electron chi connectivity index (χ2n) is 4.37. The highest BCUT2D eigenvalue weighted by molar-refractivity contribution is 5.99. The first-order valence-corrected chi connectivity index (χ1v) is 6.44. The highest BCUT2D eigenvalue weighted by atomic mass is 19.1. The Balaban J connectivity index is 2.27. The minimum atomic E-state index is -0.498. The zero-order chi connectivity index (χ0) is 15.0. The number of hydrogen-bond acceptors (Lipinski definition) is 4. The number of hydrogen-bond donors (Lipinski definition) is 2. The molecule has 1 amide bonds. The van der Waals surface area contributed by atoms with Crippen molar-refractivity contribution < 1.29 is 18.7 Å². The van der Waals surface area contributed by atoms with Gasteiger partial charge in [0.05, 0.1) is 12.7 Å². The second kappa shape index (κ2) is 8.14. The molecule has 0 bridgehead atoms. The minimum absolute atomic E-state index is 0.138. The van der Waals surface area contributed by atoms with Crippen LogP contribution in [0, 0.1) is 5.82 Å². The Bertz CT molecular complexity index is 477. The first-order chi connectivity index (χ1) is 9.54. The van der Waals surface area contributed by atoms with Crippen molar-refractivity contribution in [1.29, 1.82) is 0 Å². The molecule has 0 radical (unpaired) electrons. The van der Waals surface area contributed by atoms with Crippen LogP contribution in [0.5, 0.6) is 0 Å². The van der Waals surface area contributed by atoms with Crippen molar-refractivity contribution in [2.45, 2.75) is 25.7 Å². The molecule has 0 heterocycles. The van der Waals surface area contributed by atoms with Gasteiger partial charge in [-0.1, -0.05) is 6.42 Å². The van der Waals surface area contributed by atoms with Gasteiger partial charge in [0.1, 0.15) is 5.82 Å². The lowest BCUT2D eigenvalue weighted by Crippen LogP contribution is -2.25. The van der Waals surface area contributed by atoms with Crippen molar-refractivity contribution in [3.8, 4) is 0 Å². The van der Waals surface area contributed by atoms with E-state index in [0.717, 1.165) is 18.9 Å². The molecule has 0 unspecified atom stereocenters. The van der Waals surface area contributed by atoms with E-state index in [4.69, 9.17) is 5.73 Å². The molecule has 3 N–H and O–H groups in total. The average Bonchev–Trinajstić information content (AvgIpc) is 2.44. The first-order valence-electron chi connectivity index (χ1n) is 6.44. The van der Waals surface area contributed by atoms with Gasteiger partial charge < -0.3 is 15.8 Å². The van der Waals surface area contributed by atoms with E-state index in [0.29, 0.717) is 19.4 Å². The average molecular weight is 282 g/mol. The number of carbonyl (C=O) groups is 2. The van der Waals surface area contributed by atoms with E-state index in [1.54, 1.807) is 0 Å². The van der Waals surface area contributed by atoms with Gasteiger partial charge >= 0.3 is 5.97 Å². The Morgan fingerprint density at radius 3 is 2.75 bits per heavy atom. The molecule has 1 aromatic carbocycles. The number of amides is 1. The number of rotatable bonds is 7. The van der Waals surface area contributed by atoms with Gasteiger partial charge in [-0.15, -0.1) is 0 Å². The molecule has 1 rings (SSSR count). The number of nitrogens with one attached hydrogen (secondary N) is 1. The number of benzene rings is 1. The van der Waals surface area contributed by atoms with Gasteiger partial charge in [0.2, 0.25) is 0 Å². The van der Waals surface area contributed by atoms with E-state index in [1.807, 2.05) is 0 Å². The molecule has 5 nitrogen and oxygen atoms in total. The topological polar surface area (TPSA) is 81.4 Å². The normalized spacial score (nSPS) is 10.1. The van der Waals surface area contributed by atoms with Crippen molar-refractivity contribution >= 4 is 17.6 Å². The summed E-state index contributed by atoms with van der Waals surface area (Å²) in [4.78, 5) is 22.6. The maximum atomic E-state index is 13.0. The van der Waals surface area contributed by atoms with E-state index in [1.165, 1.54) is 19.2 Å². The van der Waals surface area contributed by atoms with Crippen molar-refractivity contribution in [2.24, 2.45) is 0 Å². The molecular weight excluding hydrogens is 263 g/mol. The summed E-state index contributed by atoms with van der Waals surface area (Å²) >= 11 is 0. The molecule has 0 saturated carbocycles. The quantitative estimate of drug-likeness (QED) is 0.454. The lowest BCUT2D eigenvalue weighted by Gasteiger charge is -2.07. The number of ether oxygens (including phenoxy) is 1. The lowest BCUT2D eigenvalue weighted by molar-refractivity contribution is -0.140. The fourth-order valence-corrected chi connectivity index (χ4v) is 1.70. The third-order valence-electron chi connectivity index (χ3n) is 2.83. The zero-order valence-electron chi connectivity index (χ0n) is 11.4. The van der Waals surface area contributed by atoms with Crippen molar-refractivity contribution in [1.82, 2.24) is 5.32 Å². The third-order valence-corrected chi connectivity index (χ3v) is 2.83. The van der Waals surface area contributed by atoms with Gasteiger partial charge in [0.25, 0.3) is 5.91 Å². The largest absolute Gasteiger partial charge is 0.469 e. The van der Waals surface area contributed by atoms with Crippen LogP contribution in [0.4, 0.5) is 10.1 Å².